The largest absolute Gasteiger partial charge is 0.350 e. The van der Waals surface area contributed by atoms with Gasteiger partial charge in [-0.15, -0.1) is 0 Å². The highest BCUT2D eigenvalue weighted by Crippen LogP contribution is 1.94. The van der Waals surface area contributed by atoms with E-state index in [0.717, 1.165) is 11.3 Å². The fourth-order valence-corrected chi connectivity index (χ4v) is 1.31. The zero-order valence-electron chi connectivity index (χ0n) is 6.66. The topological polar surface area (TPSA) is 85.8 Å². The molecule has 0 aliphatic heterocycles. The average molecular weight is 197 g/mol. The minimum absolute atomic E-state index is 0.149. The predicted octanol–water partition coefficient (Wildman–Crippen LogP) is -0.0337. The molecule has 1 rings (SSSR count). The van der Waals surface area contributed by atoms with Crippen LogP contribution < -0.4 is 10.2 Å². The Hall–Kier alpha value is -1.61. The molecule has 1 aromatic heterocycles. The Morgan fingerprint density at radius 3 is 3.08 bits per heavy atom. The Kier molecular flexibility index (Phi) is 3.23. The van der Waals surface area contributed by atoms with Crippen LogP contribution in [0.2, 0.25) is 0 Å². The van der Waals surface area contributed by atoms with Crippen LogP contribution in [0.4, 0.5) is 0 Å². The van der Waals surface area contributed by atoms with Crippen molar-refractivity contribution in [2.75, 3.05) is 0 Å². The first kappa shape index (κ1) is 9.48. The second-order valence-corrected chi connectivity index (χ2v) is 3.13. The molecule has 0 aliphatic carbocycles. The Labute approximate surface area is 78.0 Å². The van der Waals surface area contributed by atoms with Crippen LogP contribution in [0.3, 0.4) is 0 Å². The van der Waals surface area contributed by atoms with E-state index in [-0.39, 0.29) is 23.7 Å². The van der Waals surface area contributed by atoms with Crippen LogP contribution in [-0.4, -0.2) is 10.9 Å². The number of nitriles is 1. The van der Waals surface area contributed by atoms with Crippen LogP contribution in [0.5, 0.6) is 0 Å². The Morgan fingerprint density at radius 2 is 2.54 bits per heavy atom. The molecule has 0 fully saturated rings. The van der Waals surface area contributed by atoms with Crippen molar-refractivity contribution in [3.05, 3.63) is 20.7 Å². The highest BCUT2D eigenvalue weighted by Gasteiger charge is 2.00. The summed E-state index contributed by atoms with van der Waals surface area (Å²) in [4.78, 5) is 23.8. The zero-order valence-corrected chi connectivity index (χ0v) is 7.48. The molecule has 68 valence electrons. The van der Waals surface area contributed by atoms with E-state index in [1.165, 1.54) is 0 Å². The molecular formula is C7H7N3O2S. The standard InChI is InChI=1S/C7H7N3O2S/c8-2-1-6(11)9-3-5-4-13-7(12)10-5/h4H,1,3H2,(H,9,11)(H,10,12). The molecule has 1 amide bonds. The van der Waals surface area contributed by atoms with Crippen LogP contribution in [0.15, 0.2) is 10.2 Å². The Bertz CT molecular complexity index is 387. The summed E-state index contributed by atoms with van der Waals surface area (Å²) in [6.07, 6.45) is -0.158. The maximum absolute atomic E-state index is 10.8. The normalized spacial score (nSPS) is 9.15. The molecular weight excluding hydrogens is 190 g/mol. The summed E-state index contributed by atoms with van der Waals surface area (Å²) in [5, 5.41) is 12.3. The third-order valence-electron chi connectivity index (χ3n) is 1.29. The second-order valence-electron chi connectivity index (χ2n) is 2.29. The third kappa shape index (κ3) is 3.09. The van der Waals surface area contributed by atoms with Gasteiger partial charge in [-0.1, -0.05) is 11.3 Å². The minimum Gasteiger partial charge on any atom is -0.350 e. The number of rotatable bonds is 3. The zero-order chi connectivity index (χ0) is 9.68. The molecule has 5 nitrogen and oxygen atoms in total. The summed E-state index contributed by atoms with van der Waals surface area (Å²) in [7, 11) is 0. The van der Waals surface area contributed by atoms with Crippen molar-refractivity contribution in [1.82, 2.24) is 10.3 Å². The highest BCUT2D eigenvalue weighted by atomic mass is 32.1. The number of aromatic amines is 1. The van der Waals surface area contributed by atoms with Gasteiger partial charge in [0.25, 0.3) is 0 Å². The van der Waals surface area contributed by atoms with Crippen molar-refractivity contribution in [3.8, 4) is 6.07 Å². The number of nitrogens with one attached hydrogen (secondary N) is 2. The first-order valence-corrected chi connectivity index (χ1v) is 4.40. The SMILES string of the molecule is N#CCC(=O)NCc1csc(=O)[nH]1. The lowest BCUT2D eigenvalue weighted by molar-refractivity contribution is -0.120. The number of thiazole rings is 1. The molecule has 1 heterocycles. The lowest BCUT2D eigenvalue weighted by Crippen LogP contribution is -2.22. The Morgan fingerprint density at radius 1 is 1.77 bits per heavy atom. The smallest absolute Gasteiger partial charge is 0.304 e. The van der Waals surface area contributed by atoms with E-state index >= 15 is 0 Å². The molecule has 0 spiro atoms. The van der Waals surface area contributed by atoms with Gasteiger partial charge in [-0.2, -0.15) is 5.26 Å². The summed E-state index contributed by atoms with van der Waals surface area (Å²) in [5.41, 5.74) is 0.654. The summed E-state index contributed by atoms with van der Waals surface area (Å²) < 4.78 is 0. The number of aromatic nitrogens is 1. The molecule has 0 saturated heterocycles. The fraction of sp³-hybridized carbons (Fsp3) is 0.286. The molecule has 0 aliphatic rings. The molecule has 0 radical (unpaired) electrons. The predicted molar refractivity (Wildman–Crippen MR) is 47.0 cm³/mol. The molecule has 2 N–H and O–H groups in total. The van der Waals surface area contributed by atoms with Crippen LogP contribution in [0.25, 0.3) is 0 Å². The minimum atomic E-state index is -0.338. The molecule has 0 aromatic carbocycles. The number of carbonyl (C=O) groups excluding carboxylic acids is 1. The molecule has 0 atom stereocenters. The van der Waals surface area contributed by atoms with Crippen molar-refractivity contribution in [2.45, 2.75) is 13.0 Å². The third-order valence-corrected chi connectivity index (χ3v) is 2.00. The number of hydrogen-bond acceptors (Lipinski definition) is 4. The fourth-order valence-electron chi connectivity index (χ4n) is 0.729. The average Bonchev–Trinajstić information content (AvgIpc) is 2.49. The summed E-state index contributed by atoms with van der Waals surface area (Å²) >= 11 is 1.04. The number of nitrogens with zero attached hydrogens (tertiary/aromatic N) is 1. The second kappa shape index (κ2) is 4.42. The number of H-pyrrole nitrogens is 1. The maximum Gasteiger partial charge on any atom is 0.304 e. The van der Waals surface area contributed by atoms with Gasteiger partial charge >= 0.3 is 4.87 Å². The van der Waals surface area contributed by atoms with Crippen molar-refractivity contribution in [1.29, 1.82) is 5.26 Å². The van der Waals surface area contributed by atoms with Gasteiger partial charge < -0.3 is 10.3 Å². The quantitative estimate of drug-likeness (QED) is 0.713. The van der Waals surface area contributed by atoms with E-state index in [0.29, 0.717) is 5.69 Å². The summed E-state index contributed by atoms with van der Waals surface area (Å²) in [5.74, 6) is -0.338. The van der Waals surface area contributed by atoms with E-state index in [1.54, 1.807) is 11.4 Å². The van der Waals surface area contributed by atoms with Crippen molar-refractivity contribution >= 4 is 17.2 Å². The van der Waals surface area contributed by atoms with E-state index < -0.39 is 0 Å². The van der Waals surface area contributed by atoms with Gasteiger partial charge in [-0.3, -0.25) is 9.59 Å². The van der Waals surface area contributed by atoms with Gasteiger partial charge in [0.15, 0.2) is 0 Å². The molecule has 1 aromatic rings. The summed E-state index contributed by atoms with van der Waals surface area (Å²) in [6.45, 7) is 0.263. The Balaban J connectivity index is 2.40. The number of carbonyl (C=O) groups is 1. The summed E-state index contributed by atoms with van der Waals surface area (Å²) in [6, 6.07) is 1.73. The van der Waals surface area contributed by atoms with Crippen molar-refractivity contribution < 1.29 is 4.79 Å². The monoisotopic (exact) mass is 197 g/mol. The molecule has 0 saturated carbocycles. The van der Waals surface area contributed by atoms with E-state index in [9.17, 15) is 9.59 Å². The number of hydrogen-bond donors (Lipinski definition) is 2. The van der Waals surface area contributed by atoms with Crippen LogP contribution >= 0.6 is 11.3 Å². The highest BCUT2D eigenvalue weighted by molar-refractivity contribution is 7.07. The first-order valence-electron chi connectivity index (χ1n) is 3.52. The molecule has 6 heteroatoms. The van der Waals surface area contributed by atoms with E-state index in [1.807, 2.05) is 0 Å². The molecule has 13 heavy (non-hydrogen) atoms. The van der Waals surface area contributed by atoms with Gasteiger partial charge in [0.05, 0.1) is 12.6 Å². The van der Waals surface area contributed by atoms with Gasteiger partial charge in [-0.05, 0) is 0 Å². The van der Waals surface area contributed by atoms with Crippen molar-refractivity contribution in [3.63, 3.8) is 0 Å². The van der Waals surface area contributed by atoms with Gasteiger partial charge in [0.2, 0.25) is 5.91 Å². The molecule has 0 bridgehead atoms. The van der Waals surface area contributed by atoms with Crippen LogP contribution in [0.1, 0.15) is 12.1 Å². The maximum atomic E-state index is 10.8. The van der Waals surface area contributed by atoms with Crippen LogP contribution in [-0.2, 0) is 11.3 Å². The lowest BCUT2D eigenvalue weighted by atomic mass is 10.4. The first-order chi connectivity index (χ1) is 6.22. The van der Waals surface area contributed by atoms with Gasteiger partial charge in [-0.25, -0.2) is 0 Å². The van der Waals surface area contributed by atoms with Crippen LogP contribution in [0, 0.1) is 11.3 Å². The number of amides is 1. The van der Waals surface area contributed by atoms with Gasteiger partial charge in [0, 0.05) is 11.1 Å². The van der Waals surface area contributed by atoms with Gasteiger partial charge in [0.1, 0.15) is 6.42 Å². The van der Waals surface area contributed by atoms with Crippen molar-refractivity contribution in [2.24, 2.45) is 0 Å². The lowest BCUT2D eigenvalue weighted by Gasteiger charge is -1.98. The van der Waals surface area contributed by atoms with E-state index in [4.69, 9.17) is 5.26 Å². The van der Waals surface area contributed by atoms with E-state index in [2.05, 4.69) is 10.3 Å². The molecule has 0 unspecified atom stereocenters.